The lowest BCUT2D eigenvalue weighted by Crippen LogP contribution is -2.50. The number of benzene rings is 1. The second-order valence-corrected chi connectivity index (χ2v) is 6.10. The molecular formula is C18H28N2O4. The highest BCUT2D eigenvalue weighted by molar-refractivity contribution is 5.79. The van der Waals surface area contributed by atoms with E-state index in [9.17, 15) is 9.90 Å². The van der Waals surface area contributed by atoms with E-state index in [1.807, 2.05) is 24.0 Å². The Morgan fingerprint density at radius 2 is 1.92 bits per heavy atom. The van der Waals surface area contributed by atoms with E-state index in [2.05, 4.69) is 4.90 Å². The minimum Gasteiger partial charge on any atom is -0.497 e. The SMILES string of the molecule is CCC(O)CN1CCN(C(=O)Cc2ccc(OC)cc2OC)CC1. The van der Waals surface area contributed by atoms with E-state index in [1.165, 1.54) is 0 Å². The largest absolute Gasteiger partial charge is 0.497 e. The third kappa shape index (κ3) is 4.85. The van der Waals surface area contributed by atoms with Gasteiger partial charge in [-0.1, -0.05) is 13.0 Å². The summed E-state index contributed by atoms with van der Waals surface area (Å²) in [5.74, 6) is 1.49. The Bertz CT molecular complexity index is 542. The van der Waals surface area contributed by atoms with Crippen molar-refractivity contribution in [3.63, 3.8) is 0 Å². The number of aliphatic hydroxyl groups is 1. The lowest BCUT2D eigenvalue weighted by atomic mass is 10.1. The number of β-amino-alcohol motifs (C(OH)–C–C–N with tert-alkyl or cyclic N) is 1. The molecule has 1 unspecified atom stereocenters. The Morgan fingerprint density at radius 3 is 2.50 bits per heavy atom. The lowest BCUT2D eigenvalue weighted by molar-refractivity contribution is -0.132. The summed E-state index contributed by atoms with van der Waals surface area (Å²) >= 11 is 0. The highest BCUT2D eigenvalue weighted by Gasteiger charge is 2.23. The molecule has 1 heterocycles. The quantitative estimate of drug-likeness (QED) is 0.810. The molecule has 0 spiro atoms. The van der Waals surface area contributed by atoms with Crippen LogP contribution in [-0.4, -0.2) is 73.9 Å². The Morgan fingerprint density at radius 1 is 1.21 bits per heavy atom. The van der Waals surface area contributed by atoms with Crippen LogP contribution in [0.1, 0.15) is 18.9 Å². The van der Waals surface area contributed by atoms with Crippen molar-refractivity contribution in [3.8, 4) is 11.5 Å². The Labute approximate surface area is 144 Å². The first-order valence-corrected chi connectivity index (χ1v) is 8.46. The van der Waals surface area contributed by atoms with Crippen LogP contribution in [0.5, 0.6) is 11.5 Å². The van der Waals surface area contributed by atoms with Crippen molar-refractivity contribution in [1.29, 1.82) is 0 Å². The molecule has 134 valence electrons. The number of carbonyl (C=O) groups is 1. The van der Waals surface area contributed by atoms with Crippen LogP contribution in [0.2, 0.25) is 0 Å². The molecule has 0 aliphatic carbocycles. The summed E-state index contributed by atoms with van der Waals surface area (Å²) in [4.78, 5) is 16.6. The normalized spacial score (nSPS) is 16.8. The number of nitrogens with zero attached hydrogens (tertiary/aromatic N) is 2. The second-order valence-electron chi connectivity index (χ2n) is 6.10. The fourth-order valence-corrected chi connectivity index (χ4v) is 2.88. The van der Waals surface area contributed by atoms with Crippen LogP contribution in [-0.2, 0) is 11.2 Å². The molecule has 0 radical (unpaired) electrons. The third-order valence-corrected chi connectivity index (χ3v) is 4.50. The van der Waals surface area contributed by atoms with Crippen molar-refractivity contribution < 1.29 is 19.4 Å². The van der Waals surface area contributed by atoms with Crippen molar-refractivity contribution in [3.05, 3.63) is 23.8 Å². The molecule has 6 heteroatoms. The Balaban J connectivity index is 1.90. The first-order valence-electron chi connectivity index (χ1n) is 8.46. The van der Waals surface area contributed by atoms with E-state index in [-0.39, 0.29) is 12.0 Å². The molecule has 1 aliphatic rings. The van der Waals surface area contributed by atoms with Crippen molar-refractivity contribution >= 4 is 5.91 Å². The van der Waals surface area contributed by atoms with Gasteiger partial charge in [0.15, 0.2) is 0 Å². The molecule has 1 amide bonds. The molecular weight excluding hydrogens is 308 g/mol. The Hall–Kier alpha value is -1.79. The molecule has 1 saturated heterocycles. The average Bonchev–Trinajstić information content (AvgIpc) is 2.62. The van der Waals surface area contributed by atoms with Gasteiger partial charge in [0.1, 0.15) is 11.5 Å². The minimum atomic E-state index is -0.282. The van der Waals surface area contributed by atoms with Crippen LogP contribution >= 0.6 is 0 Å². The van der Waals surface area contributed by atoms with E-state index in [4.69, 9.17) is 9.47 Å². The Kier molecular flexibility index (Phi) is 6.87. The zero-order valence-electron chi connectivity index (χ0n) is 14.8. The van der Waals surface area contributed by atoms with Gasteiger partial charge in [0, 0.05) is 44.4 Å². The molecule has 1 fully saturated rings. The molecule has 0 bridgehead atoms. The van der Waals surface area contributed by atoms with Crippen LogP contribution < -0.4 is 9.47 Å². The molecule has 0 aromatic heterocycles. The molecule has 1 aromatic carbocycles. The van der Waals surface area contributed by atoms with E-state index >= 15 is 0 Å². The minimum absolute atomic E-state index is 0.106. The first kappa shape index (κ1) is 18.5. The zero-order chi connectivity index (χ0) is 17.5. The maximum atomic E-state index is 12.5. The summed E-state index contributed by atoms with van der Waals surface area (Å²) in [7, 11) is 3.20. The van der Waals surface area contributed by atoms with Gasteiger partial charge in [0.25, 0.3) is 0 Å². The number of methoxy groups -OCH3 is 2. The highest BCUT2D eigenvalue weighted by atomic mass is 16.5. The molecule has 1 N–H and O–H groups in total. The monoisotopic (exact) mass is 336 g/mol. The number of carbonyl (C=O) groups excluding carboxylic acids is 1. The number of piperazine rings is 1. The maximum absolute atomic E-state index is 12.5. The fourth-order valence-electron chi connectivity index (χ4n) is 2.88. The number of aliphatic hydroxyl groups excluding tert-OH is 1. The number of hydrogen-bond donors (Lipinski definition) is 1. The molecule has 0 saturated carbocycles. The van der Waals surface area contributed by atoms with Gasteiger partial charge >= 0.3 is 0 Å². The molecule has 1 aromatic rings. The summed E-state index contributed by atoms with van der Waals surface area (Å²) in [6, 6.07) is 5.52. The standard InChI is InChI=1S/C18H28N2O4/c1-4-15(21)13-19-7-9-20(10-8-19)18(22)11-14-5-6-16(23-2)12-17(14)24-3/h5-6,12,15,21H,4,7-11,13H2,1-3H3. The van der Waals surface area contributed by atoms with Crippen molar-refractivity contribution in [2.75, 3.05) is 46.9 Å². The van der Waals surface area contributed by atoms with Gasteiger partial charge in [0.05, 0.1) is 26.7 Å². The second kappa shape index (κ2) is 8.89. The van der Waals surface area contributed by atoms with E-state index < -0.39 is 0 Å². The van der Waals surface area contributed by atoms with E-state index in [0.717, 1.165) is 25.1 Å². The van der Waals surface area contributed by atoms with Crippen LogP contribution in [0.25, 0.3) is 0 Å². The van der Waals surface area contributed by atoms with Crippen molar-refractivity contribution in [2.45, 2.75) is 25.9 Å². The smallest absolute Gasteiger partial charge is 0.227 e. The lowest BCUT2D eigenvalue weighted by Gasteiger charge is -2.35. The van der Waals surface area contributed by atoms with Gasteiger partial charge in [-0.2, -0.15) is 0 Å². The maximum Gasteiger partial charge on any atom is 0.227 e. The van der Waals surface area contributed by atoms with Gasteiger partial charge in [0.2, 0.25) is 5.91 Å². The van der Waals surface area contributed by atoms with Crippen LogP contribution in [0.3, 0.4) is 0 Å². The number of hydrogen-bond acceptors (Lipinski definition) is 5. The summed E-state index contributed by atoms with van der Waals surface area (Å²) in [6.07, 6.45) is 0.803. The molecule has 2 rings (SSSR count). The molecule has 6 nitrogen and oxygen atoms in total. The van der Waals surface area contributed by atoms with Crippen LogP contribution in [0.15, 0.2) is 18.2 Å². The summed E-state index contributed by atoms with van der Waals surface area (Å²) in [6.45, 7) is 5.68. The third-order valence-electron chi connectivity index (χ3n) is 4.50. The molecule has 1 aliphatic heterocycles. The fraction of sp³-hybridized carbons (Fsp3) is 0.611. The van der Waals surface area contributed by atoms with E-state index in [0.29, 0.717) is 37.6 Å². The van der Waals surface area contributed by atoms with Gasteiger partial charge in [-0.05, 0) is 12.5 Å². The van der Waals surface area contributed by atoms with Crippen LogP contribution in [0, 0.1) is 0 Å². The van der Waals surface area contributed by atoms with Crippen molar-refractivity contribution in [1.82, 2.24) is 9.80 Å². The van der Waals surface area contributed by atoms with Gasteiger partial charge in [-0.25, -0.2) is 0 Å². The van der Waals surface area contributed by atoms with Crippen molar-refractivity contribution in [2.24, 2.45) is 0 Å². The summed E-state index contributed by atoms with van der Waals surface area (Å²) in [5.41, 5.74) is 0.868. The average molecular weight is 336 g/mol. The van der Waals surface area contributed by atoms with Gasteiger partial charge in [-0.3, -0.25) is 9.69 Å². The predicted molar refractivity (Wildman–Crippen MR) is 92.6 cm³/mol. The van der Waals surface area contributed by atoms with Crippen LogP contribution in [0.4, 0.5) is 0 Å². The predicted octanol–water partition coefficient (Wildman–Crippen LogP) is 1.16. The first-order chi connectivity index (χ1) is 11.6. The summed E-state index contributed by atoms with van der Waals surface area (Å²) < 4.78 is 10.5. The van der Waals surface area contributed by atoms with E-state index in [1.54, 1.807) is 20.3 Å². The van der Waals surface area contributed by atoms with Gasteiger partial charge < -0.3 is 19.5 Å². The number of rotatable bonds is 7. The molecule has 24 heavy (non-hydrogen) atoms. The summed E-state index contributed by atoms with van der Waals surface area (Å²) in [5, 5.41) is 9.73. The molecule has 1 atom stereocenters. The highest BCUT2D eigenvalue weighted by Crippen LogP contribution is 2.25. The number of amides is 1. The zero-order valence-corrected chi connectivity index (χ0v) is 14.8. The van der Waals surface area contributed by atoms with Gasteiger partial charge in [-0.15, -0.1) is 0 Å². The topological polar surface area (TPSA) is 62.2 Å². The number of ether oxygens (including phenoxy) is 2.